The van der Waals surface area contributed by atoms with Crippen LogP contribution in [0.4, 0.5) is 0 Å². The topological polar surface area (TPSA) is 41.7 Å². The van der Waals surface area contributed by atoms with E-state index in [-0.39, 0.29) is 0 Å². The van der Waals surface area contributed by atoms with E-state index in [9.17, 15) is 0 Å². The second-order valence-corrected chi connectivity index (χ2v) is 7.57. The van der Waals surface area contributed by atoms with Crippen molar-refractivity contribution >= 4 is 0 Å². The lowest BCUT2D eigenvalue weighted by Crippen LogP contribution is -2.51. The number of likely N-dealkylation sites (tertiary alicyclic amines) is 1. The van der Waals surface area contributed by atoms with Crippen molar-refractivity contribution in [1.29, 1.82) is 0 Å². The second-order valence-electron chi connectivity index (χ2n) is 7.57. The van der Waals surface area contributed by atoms with E-state index < -0.39 is 0 Å². The SMILES string of the molecule is Cc1noc(C)c1CN1CC[C@H]2OCCN(CC3CC3)[C@H]2CC1. The molecule has 2 aliphatic heterocycles. The monoisotopic (exact) mass is 319 g/mol. The predicted molar refractivity (Wildman–Crippen MR) is 88.3 cm³/mol. The van der Waals surface area contributed by atoms with Crippen molar-refractivity contribution < 1.29 is 9.26 Å². The molecule has 3 fully saturated rings. The van der Waals surface area contributed by atoms with Gasteiger partial charge in [0.15, 0.2) is 0 Å². The standard InChI is InChI=1S/C18H29N3O2/c1-13-16(14(2)23-19-13)12-20-7-5-17-18(6-8-20)22-10-9-21(17)11-15-3-4-15/h15,17-18H,3-12H2,1-2H3/t17-,18+/m0/s1. The molecule has 0 radical (unpaired) electrons. The van der Waals surface area contributed by atoms with Crippen molar-refractivity contribution in [2.24, 2.45) is 5.92 Å². The van der Waals surface area contributed by atoms with Gasteiger partial charge in [-0.05, 0) is 45.4 Å². The highest BCUT2D eigenvalue weighted by molar-refractivity contribution is 5.20. The molecule has 5 heteroatoms. The molecule has 1 aromatic rings. The lowest BCUT2D eigenvalue weighted by molar-refractivity contribution is -0.0727. The average Bonchev–Trinajstić information content (AvgIpc) is 3.33. The first-order chi connectivity index (χ1) is 11.2. The molecular weight excluding hydrogens is 290 g/mol. The van der Waals surface area contributed by atoms with Gasteiger partial charge in [0.2, 0.25) is 0 Å². The van der Waals surface area contributed by atoms with Gasteiger partial charge < -0.3 is 9.26 Å². The zero-order valence-electron chi connectivity index (χ0n) is 14.5. The molecular formula is C18H29N3O2. The molecule has 128 valence electrons. The summed E-state index contributed by atoms with van der Waals surface area (Å²) in [5.41, 5.74) is 2.31. The van der Waals surface area contributed by atoms with Gasteiger partial charge >= 0.3 is 0 Å². The number of fused-ring (bicyclic) bond motifs is 1. The molecule has 1 saturated carbocycles. The quantitative estimate of drug-likeness (QED) is 0.852. The third-order valence-corrected chi connectivity index (χ3v) is 5.83. The van der Waals surface area contributed by atoms with Gasteiger partial charge in [0, 0.05) is 44.3 Å². The highest BCUT2D eigenvalue weighted by Crippen LogP contribution is 2.33. The van der Waals surface area contributed by atoms with Crippen LogP contribution in [0.15, 0.2) is 4.52 Å². The first kappa shape index (κ1) is 15.6. The maximum absolute atomic E-state index is 6.13. The number of aromatic nitrogens is 1. The first-order valence-electron chi connectivity index (χ1n) is 9.20. The Kier molecular flexibility index (Phi) is 4.43. The number of hydrogen-bond donors (Lipinski definition) is 0. The molecule has 4 rings (SSSR count). The van der Waals surface area contributed by atoms with Crippen molar-refractivity contribution in [3.63, 3.8) is 0 Å². The summed E-state index contributed by atoms with van der Waals surface area (Å²) in [6.45, 7) is 10.6. The summed E-state index contributed by atoms with van der Waals surface area (Å²) in [6, 6.07) is 0.624. The maximum Gasteiger partial charge on any atom is 0.138 e. The summed E-state index contributed by atoms with van der Waals surface area (Å²) in [5, 5.41) is 4.09. The van der Waals surface area contributed by atoms with Gasteiger partial charge in [-0.15, -0.1) is 0 Å². The number of nitrogens with zero attached hydrogens (tertiary/aromatic N) is 3. The van der Waals surface area contributed by atoms with Crippen LogP contribution >= 0.6 is 0 Å². The summed E-state index contributed by atoms with van der Waals surface area (Å²) in [5.74, 6) is 1.94. The van der Waals surface area contributed by atoms with Crippen LogP contribution in [-0.4, -0.2) is 59.9 Å². The van der Waals surface area contributed by atoms with Crippen molar-refractivity contribution in [2.75, 3.05) is 32.8 Å². The number of rotatable bonds is 4. The third-order valence-electron chi connectivity index (χ3n) is 5.83. The molecule has 3 heterocycles. The minimum Gasteiger partial charge on any atom is -0.375 e. The largest absolute Gasteiger partial charge is 0.375 e. The summed E-state index contributed by atoms with van der Waals surface area (Å²) < 4.78 is 11.4. The van der Waals surface area contributed by atoms with E-state index in [0.717, 1.165) is 56.6 Å². The zero-order chi connectivity index (χ0) is 15.8. The van der Waals surface area contributed by atoms with E-state index in [1.54, 1.807) is 0 Å². The Balaban J connectivity index is 1.40. The van der Waals surface area contributed by atoms with Crippen LogP contribution in [0.25, 0.3) is 0 Å². The van der Waals surface area contributed by atoms with Crippen LogP contribution in [-0.2, 0) is 11.3 Å². The van der Waals surface area contributed by atoms with E-state index in [1.807, 2.05) is 13.8 Å². The Morgan fingerprint density at radius 3 is 2.65 bits per heavy atom. The predicted octanol–water partition coefficient (Wildman–Crippen LogP) is 2.37. The number of ether oxygens (including phenoxy) is 1. The minimum atomic E-state index is 0.428. The molecule has 2 saturated heterocycles. The van der Waals surface area contributed by atoms with Crippen LogP contribution in [0, 0.1) is 19.8 Å². The van der Waals surface area contributed by atoms with E-state index in [2.05, 4.69) is 15.0 Å². The molecule has 3 aliphatic rings. The van der Waals surface area contributed by atoms with E-state index >= 15 is 0 Å². The first-order valence-corrected chi connectivity index (χ1v) is 9.20. The molecule has 1 aromatic heterocycles. The molecule has 0 bridgehead atoms. The molecule has 0 spiro atoms. The van der Waals surface area contributed by atoms with Crippen LogP contribution in [0.3, 0.4) is 0 Å². The van der Waals surface area contributed by atoms with Crippen molar-refractivity contribution in [3.05, 3.63) is 17.0 Å². The van der Waals surface area contributed by atoms with Crippen LogP contribution in [0.1, 0.15) is 42.7 Å². The van der Waals surface area contributed by atoms with E-state index in [0.29, 0.717) is 12.1 Å². The highest BCUT2D eigenvalue weighted by atomic mass is 16.5. The molecule has 0 N–H and O–H groups in total. The fourth-order valence-electron chi connectivity index (χ4n) is 4.18. The molecule has 23 heavy (non-hydrogen) atoms. The maximum atomic E-state index is 6.13. The number of aryl methyl sites for hydroxylation is 2. The summed E-state index contributed by atoms with van der Waals surface area (Å²) >= 11 is 0. The van der Waals surface area contributed by atoms with Gasteiger partial charge in [-0.3, -0.25) is 9.80 Å². The van der Waals surface area contributed by atoms with Crippen molar-refractivity contribution in [1.82, 2.24) is 15.0 Å². The van der Waals surface area contributed by atoms with Crippen LogP contribution < -0.4 is 0 Å². The fraction of sp³-hybridized carbons (Fsp3) is 0.833. The molecule has 1 aliphatic carbocycles. The Hall–Kier alpha value is -0.910. The fourth-order valence-corrected chi connectivity index (χ4v) is 4.18. The summed E-state index contributed by atoms with van der Waals surface area (Å²) in [4.78, 5) is 5.29. The Labute approximate surface area is 138 Å². The molecule has 5 nitrogen and oxygen atoms in total. The van der Waals surface area contributed by atoms with Gasteiger partial charge in [0.25, 0.3) is 0 Å². The zero-order valence-corrected chi connectivity index (χ0v) is 14.5. The normalized spacial score (nSPS) is 30.2. The number of hydrogen-bond acceptors (Lipinski definition) is 5. The van der Waals surface area contributed by atoms with Gasteiger partial charge in [-0.25, -0.2) is 0 Å². The van der Waals surface area contributed by atoms with Gasteiger partial charge in [0.05, 0.1) is 18.4 Å². The van der Waals surface area contributed by atoms with Crippen molar-refractivity contribution in [3.8, 4) is 0 Å². The van der Waals surface area contributed by atoms with E-state index in [4.69, 9.17) is 9.26 Å². The van der Waals surface area contributed by atoms with Crippen LogP contribution in [0.5, 0.6) is 0 Å². The lowest BCUT2D eigenvalue weighted by atomic mass is 10.0. The highest BCUT2D eigenvalue weighted by Gasteiger charge is 2.37. The van der Waals surface area contributed by atoms with Crippen molar-refractivity contribution in [2.45, 2.75) is 58.2 Å². The smallest absolute Gasteiger partial charge is 0.138 e. The molecule has 0 amide bonds. The third kappa shape index (κ3) is 3.47. The molecule has 2 atom stereocenters. The average molecular weight is 319 g/mol. The van der Waals surface area contributed by atoms with E-state index in [1.165, 1.54) is 31.4 Å². The lowest BCUT2D eigenvalue weighted by Gasteiger charge is -2.40. The Morgan fingerprint density at radius 1 is 1.09 bits per heavy atom. The van der Waals surface area contributed by atoms with Gasteiger partial charge in [-0.2, -0.15) is 0 Å². The van der Waals surface area contributed by atoms with Gasteiger partial charge in [-0.1, -0.05) is 5.16 Å². The Bertz CT molecular complexity index is 521. The Morgan fingerprint density at radius 2 is 1.91 bits per heavy atom. The van der Waals surface area contributed by atoms with Crippen LogP contribution in [0.2, 0.25) is 0 Å². The van der Waals surface area contributed by atoms with Gasteiger partial charge in [0.1, 0.15) is 5.76 Å². The summed E-state index contributed by atoms with van der Waals surface area (Å²) in [7, 11) is 0. The molecule has 0 unspecified atom stereocenters. The number of morpholine rings is 1. The molecule has 0 aromatic carbocycles. The summed E-state index contributed by atoms with van der Waals surface area (Å²) in [6.07, 6.45) is 5.67. The second kappa shape index (κ2) is 6.54. The minimum absolute atomic E-state index is 0.428.